The summed E-state index contributed by atoms with van der Waals surface area (Å²) in [6.45, 7) is 0. The number of halogens is 1. The van der Waals surface area contributed by atoms with E-state index in [0.29, 0.717) is 0 Å². The van der Waals surface area contributed by atoms with Crippen LogP contribution in [0.5, 0.6) is 0 Å². The van der Waals surface area contributed by atoms with Gasteiger partial charge < -0.3 is 12.4 Å². The minimum absolute atomic E-state index is 0. The summed E-state index contributed by atoms with van der Waals surface area (Å²) < 4.78 is 8.03. The zero-order valence-electron chi connectivity index (χ0n) is 14.7. The van der Waals surface area contributed by atoms with Crippen molar-refractivity contribution in [2.24, 2.45) is 0 Å². The fraction of sp³-hybridized carbons (Fsp3) is 0.619. The van der Waals surface area contributed by atoms with Crippen LogP contribution in [0, 0.1) is 0 Å². The Morgan fingerprint density at radius 2 is 1.21 bits per heavy atom. The average molecular weight is 422 g/mol. The predicted molar refractivity (Wildman–Crippen MR) is 90.9 cm³/mol. The van der Waals surface area contributed by atoms with Gasteiger partial charge in [0, 0.05) is 0 Å². The second-order valence-corrected chi connectivity index (χ2v) is 13.7. The van der Waals surface area contributed by atoms with Gasteiger partial charge in [-0.15, -0.1) is 0 Å². The maximum absolute atomic E-state index is 6.44. The average Bonchev–Trinajstić information content (AvgIpc) is 3.09. The second kappa shape index (κ2) is 7.01. The Bertz CT molecular complexity index is 613. The normalized spacial score (nSPS) is 31.5. The molecular weight excluding hydrogens is 395 g/mol. The van der Waals surface area contributed by atoms with Gasteiger partial charge in [0.2, 0.25) is 0 Å². The molecule has 5 aliphatic rings. The molecule has 2 atom stereocenters. The molecule has 0 radical (unpaired) electrons. The van der Waals surface area contributed by atoms with Gasteiger partial charge in [-0.1, -0.05) is 0 Å². The standard InChI is InChI=1S/C20H24.CH3O.ClH.Zr/c1-2-6-18-12-15(11-17(18)5-1)9-10-16-13-19-7-3-4-8-20(19)14-16;1-2;;/h11-14H,1-10H2;1H3;1H;/q;-1;;+2/p-1. The van der Waals surface area contributed by atoms with Gasteiger partial charge in [-0.05, 0) is 0 Å². The molecule has 0 bridgehead atoms. The molecule has 1 saturated heterocycles. The number of allylic oxidation sites excluding steroid dienone is 8. The zero-order valence-corrected chi connectivity index (χ0v) is 17.9. The van der Waals surface area contributed by atoms with Gasteiger partial charge in [0.1, 0.15) is 0 Å². The summed E-state index contributed by atoms with van der Waals surface area (Å²) in [6.07, 6.45) is 18.9. The Hall–Kier alpha value is 0.0931. The van der Waals surface area contributed by atoms with E-state index in [2.05, 4.69) is 19.3 Å². The van der Waals surface area contributed by atoms with Crippen LogP contribution in [0.3, 0.4) is 0 Å². The summed E-state index contributed by atoms with van der Waals surface area (Å²) >= 11 is -2.01. The number of hydrogen-bond donors (Lipinski definition) is 0. The Kier molecular flexibility index (Phi) is 5.11. The summed E-state index contributed by atoms with van der Waals surface area (Å²) in [4.78, 5) is 0. The fourth-order valence-corrected chi connectivity index (χ4v) is 14.0. The van der Waals surface area contributed by atoms with E-state index < -0.39 is 22.2 Å². The molecule has 0 N–H and O–H groups in total. The summed E-state index contributed by atoms with van der Waals surface area (Å²) in [5.41, 5.74) is 10.7. The summed E-state index contributed by atoms with van der Waals surface area (Å²) in [6, 6.07) is 0. The predicted octanol–water partition coefficient (Wildman–Crippen LogP) is 3.16. The topological polar surface area (TPSA) is 9.23 Å². The van der Waals surface area contributed by atoms with Crippen molar-refractivity contribution in [3.8, 4) is 0 Å². The van der Waals surface area contributed by atoms with Crippen LogP contribution in [0.2, 0.25) is 7.25 Å². The van der Waals surface area contributed by atoms with E-state index in [1.807, 2.05) is 11.1 Å². The molecule has 1 heterocycles. The van der Waals surface area contributed by atoms with Crippen molar-refractivity contribution in [2.45, 2.75) is 71.5 Å². The Morgan fingerprint density at radius 1 is 0.750 bits per heavy atom. The first-order valence-electron chi connectivity index (χ1n) is 9.62. The molecule has 5 rings (SSSR count). The monoisotopic (exact) mass is 420 g/mol. The van der Waals surface area contributed by atoms with E-state index in [1.165, 1.54) is 64.2 Å². The molecule has 0 saturated carbocycles. The second-order valence-electron chi connectivity index (χ2n) is 7.93. The first-order valence-corrected chi connectivity index (χ1v) is 13.5. The summed E-state index contributed by atoms with van der Waals surface area (Å²) in [7, 11) is 2.05. The van der Waals surface area contributed by atoms with E-state index in [4.69, 9.17) is 2.81 Å². The third-order valence-corrected chi connectivity index (χ3v) is 14.3. The van der Waals surface area contributed by atoms with Crippen molar-refractivity contribution >= 4 is 0 Å². The van der Waals surface area contributed by atoms with Gasteiger partial charge in [-0.3, -0.25) is 0 Å². The molecule has 0 aromatic rings. The van der Waals surface area contributed by atoms with Crippen molar-refractivity contribution in [1.29, 1.82) is 0 Å². The first kappa shape index (κ1) is 17.5. The molecule has 0 spiro atoms. The smallest absolute Gasteiger partial charge is 1.00 e. The van der Waals surface area contributed by atoms with Gasteiger partial charge in [-0.2, -0.15) is 0 Å². The van der Waals surface area contributed by atoms with Crippen LogP contribution in [-0.2, 0) is 25.0 Å². The van der Waals surface area contributed by atoms with Crippen LogP contribution in [0.15, 0.2) is 45.6 Å². The molecule has 3 heteroatoms. The number of hydrogen-bond acceptors (Lipinski definition) is 1. The van der Waals surface area contributed by atoms with Crippen LogP contribution in [-0.4, -0.2) is 7.11 Å². The van der Waals surface area contributed by atoms with Gasteiger partial charge in [-0.25, -0.2) is 0 Å². The Morgan fingerprint density at radius 3 is 1.67 bits per heavy atom. The van der Waals surface area contributed by atoms with E-state index in [-0.39, 0.29) is 12.4 Å². The van der Waals surface area contributed by atoms with Crippen molar-refractivity contribution < 1.29 is 37.4 Å². The maximum atomic E-state index is 6.44. The van der Waals surface area contributed by atoms with Crippen LogP contribution in [0.1, 0.15) is 64.2 Å². The van der Waals surface area contributed by atoms with E-state index >= 15 is 0 Å². The maximum Gasteiger partial charge on any atom is -1.00 e. The third-order valence-electron chi connectivity index (χ3n) is 6.77. The summed E-state index contributed by atoms with van der Waals surface area (Å²) in [5.74, 6) is 0. The largest absolute Gasteiger partial charge is 1.00 e. The molecule has 1 aliphatic heterocycles. The minimum atomic E-state index is -2.01. The van der Waals surface area contributed by atoms with E-state index in [1.54, 1.807) is 22.3 Å². The molecule has 1 fully saturated rings. The molecular formula is C21H27ClOZr. The summed E-state index contributed by atoms with van der Waals surface area (Å²) in [5, 5.41) is 0. The van der Waals surface area contributed by atoms with Crippen molar-refractivity contribution in [3.05, 3.63) is 45.6 Å². The van der Waals surface area contributed by atoms with Gasteiger partial charge >= 0.3 is 149 Å². The number of rotatable bonds is 1. The molecule has 1 nitrogen and oxygen atoms in total. The minimum Gasteiger partial charge on any atom is -1.00 e. The van der Waals surface area contributed by atoms with Crippen LogP contribution in [0.25, 0.3) is 0 Å². The molecule has 0 amide bonds. The quantitative estimate of drug-likeness (QED) is 0.631. The van der Waals surface area contributed by atoms with Crippen LogP contribution in [0.4, 0.5) is 0 Å². The molecule has 0 aromatic carbocycles. The van der Waals surface area contributed by atoms with Gasteiger partial charge in [0.05, 0.1) is 0 Å². The molecule has 24 heavy (non-hydrogen) atoms. The first-order chi connectivity index (χ1) is 11.4. The van der Waals surface area contributed by atoms with Crippen molar-refractivity contribution in [3.63, 3.8) is 0 Å². The van der Waals surface area contributed by atoms with Crippen molar-refractivity contribution in [1.82, 2.24) is 0 Å². The fourth-order valence-electron chi connectivity index (χ4n) is 5.79. The van der Waals surface area contributed by atoms with Gasteiger partial charge in [0.25, 0.3) is 0 Å². The Labute approximate surface area is 161 Å². The van der Waals surface area contributed by atoms with E-state index in [0.717, 1.165) is 7.25 Å². The Balaban J connectivity index is 0.00000146. The third kappa shape index (κ3) is 2.63. The molecule has 4 aliphatic carbocycles. The van der Waals surface area contributed by atoms with E-state index in [9.17, 15) is 0 Å². The van der Waals surface area contributed by atoms with Crippen LogP contribution >= 0.6 is 0 Å². The van der Waals surface area contributed by atoms with Gasteiger partial charge in [0.15, 0.2) is 0 Å². The molecule has 128 valence electrons. The van der Waals surface area contributed by atoms with Crippen LogP contribution < -0.4 is 12.4 Å². The molecule has 0 aromatic heterocycles. The molecule has 2 unspecified atom stereocenters. The van der Waals surface area contributed by atoms with Crippen molar-refractivity contribution in [2.75, 3.05) is 7.11 Å². The SMILES string of the molecule is C[O][Zr+]1[CH]2C(=CC3=C2CCCC3)CCC2=CC3=C(CCCC3)[CH]21.[Cl-]. The zero-order chi connectivity index (χ0) is 15.4. The number of fused-ring (bicyclic) bond motifs is 4.